The second-order valence-corrected chi connectivity index (χ2v) is 6.64. The minimum atomic E-state index is -0.986. The molecule has 0 radical (unpaired) electrons. The standard InChI is InChI=1S/C19H24N4O3/c1-14-11-23(9-8-22(14)2)12-16-10-15(19-20-6-3-7-21-19)4-5-17(16)26-13-18(24)25/h3-7,10,14H,8-9,11-13H2,1-2H3,(H,24,25)/t14-/m1/s1. The fraction of sp³-hybridized carbons (Fsp3) is 0.421. The molecular formula is C19H24N4O3. The molecule has 0 saturated carbocycles. The number of aliphatic carboxylic acids is 1. The highest BCUT2D eigenvalue weighted by atomic mass is 16.5. The molecule has 1 N–H and O–H groups in total. The Bertz CT molecular complexity index is 754. The van der Waals surface area contributed by atoms with E-state index in [4.69, 9.17) is 9.84 Å². The zero-order valence-corrected chi connectivity index (χ0v) is 15.1. The van der Waals surface area contributed by atoms with Gasteiger partial charge in [-0.3, -0.25) is 4.90 Å². The Morgan fingerprint density at radius 1 is 1.31 bits per heavy atom. The average molecular weight is 356 g/mol. The Hall–Kier alpha value is -2.51. The number of rotatable bonds is 6. The highest BCUT2D eigenvalue weighted by molar-refractivity contribution is 5.68. The van der Waals surface area contributed by atoms with E-state index in [1.54, 1.807) is 18.5 Å². The molecule has 0 spiro atoms. The van der Waals surface area contributed by atoms with Gasteiger partial charge in [-0.25, -0.2) is 14.8 Å². The summed E-state index contributed by atoms with van der Waals surface area (Å²) < 4.78 is 5.50. The summed E-state index contributed by atoms with van der Waals surface area (Å²) in [6, 6.07) is 7.93. The van der Waals surface area contributed by atoms with Crippen LogP contribution >= 0.6 is 0 Å². The van der Waals surface area contributed by atoms with Crippen molar-refractivity contribution in [3.05, 3.63) is 42.2 Å². The number of hydrogen-bond acceptors (Lipinski definition) is 6. The number of piperazine rings is 1. The second-order valence-electron chi connectivity index (χ2n) is 6.64. The van der Waals surface area contributed by atoms with E-state index in [1.165, 1.54) is 0 Å². The Balaban J connectivity index is 1.84. The molecule has 2 heterocycles. The van der Waals surface area contributed by atoms with Crippen molar-refractivity contribution in [2.45, 2.75) is 19.5 Å². The van der Waals surface area contributed by atoms with Crippen LogP contribution in [0.3, 0.4) is 0 Å². The SMILES string of the molecule is C[C@@H]1CN(Cc2cc(-c3ncccn3)ccc2OCC(=O)O)CCN1C. The van der Waals surface area contributed by atoms with Crippen molar-refractivity contribution in [2.24, 2.45) is 0 Å². The summed E-state index contributed by atoms with van der Waals surface area (Å²) in [5, 5.41) is 8.92. The van der Waals surface area contributed by atoms with Crippen molar-refractivity contribution < 1.29 is 14.6 Å². The summed E-state index contributed by atoms with van der Waals surface area (Å²) in [5.41, 5.74) is 1.85. The van der Waals surface area contributed by atoms with Crippen LogP contribution in [0.25, 0.3) is 11.4 Å². The van der Waals surface area contributed by atoms with Crippen LogP contribution in [0.2, 0.25) is 0 Å². The summed E-state index contributed by atoms with van der Waals surface area (Å²) in [6.07, 6.45) is 3.41. The van der Waals surface area contributed by atoms with Crippen LogP contribution in [-0.4, -0.2) is 70.2 Å². The predicted octanol–water partition coefficient (Wildman–Crippen LogP) is 1.74. The van der Waals surface area contributed by atoms with Crippen molar-refractivity contribution in [3.8, 4) is 17.1 Å². The summed E-state index contributed by atoms with van der Waals surface area (Å²) in [7, 11) is 2.14. The minimum absolute atomic E-state index is 0.354. The smallest absolute Gasteiger partial charge is 0.341 e. The predicted molar refractivity (Wildman–Crippen MR) is 98.0 cm³/mol. The van der Waals surface area contributed by atoms with Gasteiger partial charge >= 0.3 is 5.97 Å². The summed E-state index contributed by atoms with van der Waals surface area (Å²) in [6.45, 7) is 5.49. The number of nitrogens with zero attached hydrogens (tertiary/aromatic N) is 4. The maximum absolute atomic E-state index is 10.9. The summed E-state index contributed by atoms with van der Waals surface area (Å²) >= 11 is 0. The number of ether oxygens (including phenoxy) is 1. The van der Waals surface area contributed by atoms with Crippen LogP contribution < -0.4 is 4.74 Å². The van der Waals surface area contributed by atoms with Crippen LogP contribution in [0, 0.1) is 0 Å². The van der Waals surface area contributed by atoms with Crippen LogP contribution in [0.4, 0.5) is 0 Å². The molecule has 138 valence electrons. The molecule has 26 heavy (non-hydrogen) atoms. The van der Waals surface area contributed by atoms with E-state index in [-0.39, 0.29) is 6.61 Å². The third-order valence-corrected chi connectivity index (χ3v) is 4.67. The Labute approximate surface area is 153 Å². The van der Waals surface area contributed by atoms with Gasteiger partial charge in [0.1, 0.15) is 5.75 Å². The number of carboxylic acid groups (broad SMARTS) is 1. The number of benzene rings is 1. The number of aromatic nitrogens is 2. The molecular weight excluding hydrogens is 332 g/mol. The van der Waals surface area contributed by atoms with Gasteiger partial charge < -0.3 is 14.7 Å². The molecule has 0 unspecified atom stereocenters. The maximum Gasteiger partial charge on any atom is 0.341 e. The molecule has 0 bridgehead atoms. The van der Waals surface area contributed by atoms with E-state index in [0.717, 1.165) is 30.8 Å². The maximum atomic E-state index is 10.9. The molecule has 1 aliphatic heterocycles. The molecule has 0 amide bonds. The van der Waals surface area contributed by atoms with Crippen molar-refractivity contribution in [3.63, 3.8) is 0 Å². The number of likely N-dealkylation sites (N-methyl/N-ethyl adjacent to an activating group) is 1. The molecule has 1 saturated heterocycles. The molecule has 1 fully saturated rings. The summed E-state index contributed by atoms with van der Waals surface area (Å²) in [5.74, 6) is 0.253. The topological polar surface area (TPSA) is 78.8 Å². The molecule has 0 aliphatic carbocycles. The zero-order chi connectivity index (χ0) is 18.5. The number of carboxylic acids is 1. The highest BCUT2D eigenvalue weighted by Crippen LogP contribution is 2.27. The Morgan fingerprint density at radius 2 is 2.08 bits per heavy atom. The van der Waals surface area contributed by atoms with Crippen LogP contribution in [0.1, 0.15) is 12.5 Å². The molecule has 1 atom stereocenters. The second kappa shape index (κ2) is 8.25. The first kappa shape index (κ1) is 18.3. The van der Waals surface area contributed by atoms with E-state index in [1.807, 2.05) is 18.2 Å². The number of carbonyl (C=O) groups is 1. The molecule has 1 aliphatic rings. The zero-order valence-electron chi connectivity index (χ0n) is 15.1. The third-order valence-electron chi connectivity index (χ3n) is 4.67. The van der Waals surface area contributed by atoms with E-state index in [2.05, 4.69) is 33.7 Å². The molecule has 7 heteroatoms. The van der Waals surface area contributed by atoms with Crippen LogP contribution in [-0.2, 0) is 11.3 Å². The van der Waals surface area contributed by atoms with Gasteiger partial charge in [0.25, 0.3) is 0 Å². The van der Waals surface area contributed by atoms with E-state index in [0.29, 0.717) is 24.2 Å². The van der Waals surface area contributed by atoms with Crippen molar-refractivity contribution in [1.82, 2.24) is 19.8 Å². The van der Waals surface area contributed by atoms with Gasteiger partial charge in [0, 0.05) is 55.7 Å². The largest absolute Gasteiger partial charge is 0.482 e. The lowest BCUT2D eigenvalue weighted by Crippen LogP contribution is -2.49. The first-order valence-corrected chi connectivity index (χ1v) is 8.70. The third kappa shape index (κ3) is 4.56. The highest BCUT2D eigenvalue weighted by Gasteiger charge is 2.22. The van der Waals surface area contributed by atoms with Gasteiger partial charge in [-0.15, -0.1) is 0 Å². The van der Waals surface area contributed by atoms with Gasteiger partial charge in [0.05, 0.1) is 0 Å². The van der Waals surface area contributed by atoms with Gasteiger partial charge in [-0.1, -0.05) is 0 Å². The molecule has 2 aromatic rings. The van der Waals surface area contributed by atoms with Crippen molar-refractivity contribution >= 4 is 5.97 Å². The lowest BCUT2D eigenvalue weighted by molar-refractivity contribution is -0.139. The van der Waals surface area contributed by atoms with Gasteiger partial charge in [-0.2, -0.15) is 0 Å². The van der Waals surface area contributed by atoms with E-state index >= 15 is 0 Å². The average Bonchev–Trinajstić information content (AvgIpc) is 2.64. The van der Waals surface area contributed by atoms with Crippen LogP contribution in [0.15, 0.2) is 36.7 Å². The summed E-state index contributed by atoms with van der Waals surface area (Å²) in [4.78, 5) is 24.2. The first-order chi connectivity index (χ1) is 12.5. The number of hydrogen-bond donors (Lipinski definition) is 1. The monoisotopic (exact) mass is 356 g/mol. The van der Waals surface area contributed by atoms with Gasteiger partial charge in [0.15, 0.2) is 12.4 Å². The molecule has 1 aromatic heterocycles. The van der Waals surface area contributed by atoms with Crippen LogP contribution in [0.5, 0.6) is 5.75 Å². The minimum Gasteiger partial charge on any atom is -0.482 e. The Morgan fingerprint density at radius 3 is 2.77 bits per heavy atom. The molecule has 7 nitrogen and oxygen atoms in total. The van der Waals surface area contributed by atoms with Crippen molar-refractivity contribution in [1.29, 1.82) is 0 Å². The van der Waals surface area contributed by atoms with Crippen molar-refractivity contribution in [2.75, 3.05) is 33.3 Å². The molecule has 3 rings (SSSR count). The first-order valence-electron chi connectivity index (χ1n) is 8.70. The normalized spacial score (nSPS) is 18.6. The lowest BCUT2D eigenvalue weighted by Gasteiger charge is -2.37. The fourth-order valence-electron chi connectivity index (χ4n) is 3.08. The quantitative estimate of drug-likeness (QED) is 0.844. The lowest BCUT2D eigenvalue weighted by atomic mass is 10.1. The molecule has 1 aromatic carbocycles. The van der Waals surface area contributed by atoms with Gasteiger partial charge in [-0.05, 0) is 38.2 Å². The van der Waals surface area contributed by atoms with Gasteiger partial charge in [0.2, 0.25) is 0 Å². The van der Waals surface area contributed by atoms with E-state index < -0.39 is 5.97 Å². The fourth-order valence-corrected chi connectivity index (χ4v) is 3.08. The Kier molecular flexibility index (Phi) is 5.80. The van der Waals surface area contributed by atoms with E-state index in [9.17, 15) is 4.79 Å².